The van der Waals surface area contributed by atoms with Crippen LogP contribution in [-0.2, 0) is 0 Å². The summed E-state index contributed by atoms with van der Waals surface area (Å²) in [7, 11) is 0. The number of nitriles is 1. The molecule has 1 aromatic heterocycles. The molecule has 1 unspecified atom stereocenters. The molecule has 1 fully saturated rings. The number of likely N-dealkylation sites (tertiary alicyclic amines) is 1. The van der Waals surface area contributed by atoms with Gasteiger partial charge >= 0.3 is 0 Å². The minimum atomic E-state index is -0.322. The second kappa shape index (κ2) is 6.08. The first-order valence-corrected chi connectivity index (χ1v) is 7.21. The van der Waals surface area contributed by atoms with Gasteiger partial charge in [0.15, 0.2) is 6.19 Å². The number of amides is 1. The Balaban J connectivity index is 1.67. The fourth-order valence-corrected chi connectivity index (χ4v) is 2.49. The smallest absolute Gasteiger partial charge is 0.290 e. The van der Waals surface area contributed by atoms with Crippen molar-refractivity contribution in [2.75, 3.05) is 13.1 Å². The van der Waals surface area contributed by atoms with Gasteiger partial charge in [-0.25, -0.2) is 0 Å². The summed E-state index contributed by atoms with van der Waals surface area (Å²) in [5.74, 6) is -0.169. The average Bonchev–Trinajstić information content (AvgIpc) is 3.17. The molecular formula is C15H13ClN4O2. The monoisotopic (exact) mass is 316 g/mol. The van der Waals surface area contributed by atoms with E-state index in [4.69, 9.17) is 21.4 Å². The van der Waals surface area contributed by atoms with Crippen LogP contribution < -0.4 is 5.32 Å². The molecule has 1 N–H and O–H groups in total. The summed E-state index contributed by atoms with van der Waals surface area (Å²) in [5.41, 5.74) is 1.40. The number of benzene rings is 1. The van der Waals surface area contributed by atoms with Gasteiger partial charge < -0.3 is 14.7 Å². The number of hydrogen-bond acceptors (Lipinski definition) is 5. The topological polar surface area (TPSA) is 82.2 Å². The Morgan fingerprint density at radius 3 is 2.91 bits per heavy atom. The van der Waals surface area contributed by atoms with Gasteiger partial charge in [-0.2, -0.15) is 5.26 Å². The standard InChI is InChI=1S/C15H13ClN4O2/c16-11-3-1-10(2-4-11)13-7-14(22-19-13)15(21)18-12-5-6-20(8-12)9-17/h1-4,7,12H,5-6,8H2,(H,18,21). The van der Waals surface area contributed by atoms with Crippen molar-refractivity contribution in [3.05, 3.63) is 41.1 Å². The maximum absolute atomic E-state index is 12.1. The molecule has 0 aliphatic carbocycles. The Labute approximate surface area is 132 Å². The molecule has 1 amide bonds. The summed E-state index contributed by atoms with van der Waals surface area (Å²) in [6.07, 6.45) is 2.82. The van der Waals surface area contributed by atoms with E-state index in [1.54, 1.807) is 23.1 Å². The van der Waals surface area contributed by atoms with Crippen LogP contribution in [0.15, 0.2) is 34.9 Å². The van der Waals surface area contributed by atoms with E-state index < -0.39 is 0 Å². The van der Waals surface area contributed by atoms with Crippen molar-refractivity contribution in [3.8, 4) is 17.5 Å². The van der Waals surface area contributed by atoms with Crippen LogP contribution in [0.4, 0.5) is 0 Å². The van der Waals surface area contributed by atoms with Crippen molar-refractivity contribution in [2.45, 2.75) is 12.5 Å². The number of hydrogen-bond donors (Lipinski definition) is 1. The number of halogens is 1. The lowest BCUT2D eigenvalue weighted by molar-refractivity contribution is 0.0901. The van der Waals surface area contributed by atoms with Gasteiger partial charge in [0.2, 0.25) is 5.76 Å². The normalized spacial score (nSPS) is 17.3. The zero-order chi connectivity index (χ0) is 15.5. The van der Waals surface area contributed by atoms with Crippen LogP contribution in [-0.4, -0.2) is 35.1 Å². The van der Waals surface area contributed by atoms with Crippen LogP contribution in [0.25, 0.3) is 11.3 Å². The van der Waals surface area contributed by atoms with Crippen molar-refractivity contribution in [3.63, 3.8) is 0 Å². The summed E-state index contributed by atoms with van der Waals surface area (Å²) in [6.45, 7) is 1.19. The zero-order valence-corrected chi connectivity index (χ0v) is 12.4. The Morgan fingerprint density at radius 2 is 2.23 bits per heavy atom. The first-order valence-electron chi connectivity index (χ1n) is 6.84. The maximum atomic E-state index is 12.1. The lowest BCUT2D eigenvalue weighted by Gasteiger charge is -2.10. The molecule has 0 radical (unpaired) electrons. The summed E-state index contributed by atoms with van der Waals surface area (Å²) in [6, 6.07) is 8.67. The molecule has 0 spiro atoms. The van der Waals surface area contributed by atoms with Gasteiger partial charge in [-0.1, -0.05) is 28.9 Å². The van der Waals surface area contributed by atoms with Crippen LogP contribution in [0.2, 0.25) is 5.02 Å². The van der Waals surface area contributed by atoms with Crippen LogP contribution in [0.1, 0.15) is 17.0 Å². The Morgan fingerprint density at radius 1 is 1.45 bits per heavy atom. The second-order valence-electron chi connectivity index (χ2n) is 5.09. The van der Waals surface area contributed by atoms with Crippen molar-refractivity contribution in [1.29, 1.82) is 5.26 Å². The lowest BCUT2D eigenvalue weighted by Crippen LogP contribution is -2.36. The van der Waals surface area contributed by atoms with E-state index in [0.717, 1.165) is 12.0 Å². The number of rotatable bonds is 3. The molecule has 2 heterocycles. The third-order valence-corrected chi connectivity index (χ3v) is 3.79. The quantitative estimate of drug-likeness (QED) is 0.878. The Bertz CT molecular complexity index is 720. The molecule has 2 aromatic rings. The third-order valence-electron chi connectivity index (χ3n) is 3.54. The minimum absolute atomic E-state index is 0.0452. The number of nitrogens with zero attached hydrogens (tertiary/aromatic N) is 3. The predicted octanol–water partition coefficient (Wildman–Crippen LogP) is 2.28. The van der Waals surface area contributed by atoms with Gasteiger partial charge in [-0.05, 0) is 18.6 Å². The zero-order valence-electron chi connectivity index (χ0n) is 11.6. The van der Waals surface area contributed by atoms with Gasteiger partial charge in [0.05, 0.1) is 0 Å². The van der Waals surface area contributed by atoms with Crippen molar-refractivity contribution in [1.82, 2.24) is 15.4 Å². The van der Waals surface area contributed by atoms with Crippen LogP contribution in [0.3, 0.4) is 0 Å². The second-order valence-corrected chi connectivity index (χ2v) is 5.52. The molecular weight excluding hydrogens is 304 g/mol. The van der Waals surface area contributed by atoms with Crippen LogP contribution in [0, 0.1) is 11.5 Å². The van der Waals surface area contributed by atoms with Crippen molar-refractivity contribution >= 4 is 17.5 Å². The molecule has 22 heavy (non-hydrogen) atoms. The van der Waals surface area contributed by atoms with Crippen molar-refractivity contribution < 1.29 is 9.32 Å². The largest absolute Gasteiger partial charge is 0.350 e. The average molecular weight is 317 g/mol. The maximum Gasteiger partial charge on any atom is 0.290 e. The summed E-state index contributed by atoms with van der Waals surface area (Å²) in [5, 5.41) is 16.2. The van der Waals surface area contributed by atoms with Crippen LogP contribution in [0.5, 0.6) is 0 Å². The van der Waals surface area contributed by atoms with Gasteiger partial charge in [0, 0.05) is 35.8 Å². The number of aromatic nitrogens is 1. The highest BCUT2D eigenvalue weighted by Gasteiger charge is 2.25. The van der Waals surface area contributed by atoms with Gasteiger partial charge in [0.1, 0.15) is 5.69 Å². The molecule has 0 bridgehead atoms. The molecule has 1 aliphatic heterocycles. The van der Waals surface area contributed by atoms with E-state index in [2.05, 4.69) is 16.7 Å². The molecule has 112 valence electrons. The van der Waals surface area contributed by atoms with E-state index >= 15 is 0 Å². The third kappa shape index (κ3) is 3.05. The predicted molar refractivity (Wildman–Crippen MR) is 80.0 cm³/mol. The fraction of sp³-hybridized carbons (Fsp3) is 0.267. The van der Waals surface area contributed by atoms with Gasteiger partial charge in [-0.15, -0.1) is 0 Å². The van der Waals surface area contributed by atoms with Gasteiger partial charge in [-0.3, -0.25) is 4.79 Å². The van der Waals surface area contributed by atoms with E-state index in [1.165, 1.54) is 0 Å². The number of carbonyl (C=O) groups is 1. The Kier molecular flexibility index (Phi) is 3.98. The highest BCUT2D eigenvalue weighted by atomic mass is 35.5. The Hall–Kier alpha value is -2.52. The van der Waals surface area contributed by atoms with Crippen LogP contribution >= 0.6 is 11.6 Å². The molecule has 1 aromatic carbocycles. The molecule has 3 rings (SSSR count). The minimum Gasteiger partial charge on any atom is -0.350 e. The van der Waals surface area contributed by atoms with E-state index in [9.17, 15) is 4.79 Å². The van der Waals surface area contributed by atoms with Crippen molar-refractivity contribution in [2.24, 2.45) is 0 Å². The molecule has 1 aliphatic rings. The number of carbonyl (C=O) groups excluding carboxylic acids is 1. The molecule has 7 heteroatoms. The molecule has 0 saturated carbocycles. The lowest BCUT2D eigenvalue weighted by atomic mass is 10.1. The first kappa shape index (κ1) is 14.4. The first-order chi connectivity index (χ1) is 10.7. The molecule has 6 nitrogen and oxygen atoms in total. The molecule has 1 saturated heterocycles. The van der Waals surface area contributed by atoms with Gasteiger partial charge in [0.25, 0.3) is 5.91 Å². The summed E-state index contributed by atoms with van der Waals surface area (Å²) >= 11 is 5.84. The molecule has 1 atom stereocenters. The van der Waals surface area contributed by atoms with E-state index in [0.29, 0.717) is 23.8 Å². The number of nitrogens with one attached hydrogen (secondary N) is 1. The van der Waals surface area contributed by atoms with E-state index in [-0.39, 0.29) is 17.7 Å². The summed E-state index contributed by atoms with van der Waals surface area (Å²) in [4.78, 5) is 13.7. The SMILES string of the molecule is N#CN1CCC(NC(=O)c2cc(-c3ccc(Cl)cc3)no2)C1. The summed E-state index contributed by atoms with van der Waals surface area (Å²) < 4.78 is 5.10. The van der Waals surface area contributed by atoms with E-state index in [1.807, 2.05) is 12.1 Å². The highest BCUT2D eigenvalue weighted by Crippen LogP contribution is 2.21. The highest BCUT2D eigenvalue weighted by molar-refractivity contribution is 6.30. The fourth-order valence-electron chi connectivity index (χ4n) is 2.36.